The second-order valence-electron chi connectivity index (χ2n) is 7.84. The smallest absolute Gasteiger partial charge is 0.213 e. The molecule has 1 aromatic carbocycles. The van der Waals surface area contributed by atoms with E-state index in [0.717, 1.165) is 29.0 Å². The second kappa shape index (κ2) is 9.37. The van der Waals surface area contributed by atoms with E-state index in [1.54, 1.807) is 11.3 Å². The number of aromatic nitrogens is 1. The van der Waals surface area contributed by atoms with Crippen LogP contribution < -0.4 is 16.4 Å². The highest BCUT2D eigenvalue weighted by Gasteiger charge is 2.18. The third-order valence-electron chi connectivity index (χ3n) is 5.58. The Balaban J connectivity index is 1.48. The first-order valence-electron chi connectivity index (χ1n) is 10.6. The van der Waals surface area contributed by atoms with Crippen molar-refractivity contribution in [2.24, 2.45) is 15.7 Å². The van der Waals surface area contributed by atoms with Crippen LogP contribution in [0.15, 0.2) is 34.3 Å². The third kappa shape index (κ3) is 5.22. The molecule has 0 unspecified atom stereocenters. The van der Waals surface area contributed by atoms with Gasteiger partial charge < -0.3 is 11.1 Å². The summed E-state index contributed by atoms with van der Waals surface area (Å²) in [4.78, 5) is 14.0. The van der Waals surface area contributed by atoms with Crippen molar-refractivity contribution in [3.05, 3.63) is 24.3 Å². The summed E-state index contributed by atoms with van der Waals surface area (Å²) in [5, 5.41) is 7.51. The number of nitrogens with two attached hydrogens (primary N) is 1. The average molecular weight is 399 g/mol. The molecular weight excluding hydrogens is 368 g/mol. The maximum Gasteiger partial charge on any atom is 0.213 e. The van der Waals surface area contributed by atoms with Crippen LogP contribution in [0.5, 0.6) is 0 Å². The van der Waals surface area contributed by atoms with Crippen molar-refractivity contribution in [1.29, 1.82) is 0 Å². The van der Waals surface area contributed by atoms with Gasteiger partial charge in [-0.05, 0) is 37.8 Å². The number of rotatable bonds is 3. The van der Waals surface area contributed by atoms with Gasteiger partial charge in [-0.15, -0.1) is 0 Å². The second-order valence-corrected chi connectivity index (χ2v) is 8.84. The van der Waals surface area contributed by atoms with Crippen molar-refractivity contribution < 1.29 is 0 Å². The van der Waals surface area contributed by atoms with E-state index in [4.69, 9.17) is 10.7 Å². The molecule has 2 aliphatic carbocycles. The Hall–Kier alpha value is -2.15. The SMILES string of the molecule is N/C(=N\c1nc2ccccc2s1)NC(=NC1CCCCC1)NC1CCCCC1. The molecule has 2 aliphatic rings. The van der Waals surface area contributed by atoms with Crippen LogP contribution >= 0.6 is 11.3 Å². The lowest BCUT2D eigenvalue weighted by Gasteiger charge is -2.26. The summed E-state index contributed by atoms with van der Waals surface area (Å²) in [5.41, 5.74) is 7.18. The Bertz CT molecular complexity index is 797. The summed E-state index contributed by atoms with van der Waals surface area (Å²) in [6.45, 7) is 0. The van der Waals surface area contributed by atoms with E-state index in [-0.39, 0.29) is 0 Å². The van der Waals surface area contributed by atoms with Crippen molar-refractivity contribution in [2.75, 3.05) is 0 Å². The van der Waals surface area contributed by atoms with Gasteiger partial charge in [0.2, 0.25) is 11.1 Å². The molecule has 0 atom stereocenters. The van der Waals surface area contributed by atoms with E-state index in [9.17, 15) is 0 Å². The first-order valence-corrected chi connectivity index (χ1v) is 11.4. The zero-order valence-electron chi connectivity index (χ0n) is 16.4. The van der Waals surface area contributed by atoms with Crippen LogP contribution in [0.3, 0.4) is 0 Å². The molecule has 0 radical (unpaired) electrons. The molecule has 0 saturated heterocycles. The number of aliphatic imine (C=N–C) groups is 2. The predicted molar refractivity (Wildman–Crippen MR) is 118 cm³/mol. The summed E-state index contributed by atoms with van der Waals surface area (Å²) in [6.07, 6.45) is 12.5. The number of guanidine groups is 2. The topological polar surface area (TPSA) is 87.7 Å². The van der Waals surface area contributed by atoms with E-state index in [2.05, 4.69) is 26.7 Å². The lowest BCUT2D eigenvalue weighted by molar-refractivity contribution is 0.406. The van der Waals surface area contributed by atoms with Crippen molar-refractivity contribution in [3.8, 4) is 0 Å². The van der Waals surface area contributed by atoms with Gasteiger partial charge in [0.15, 0.2) is 5.96 Å². The fourth-order valence-electron chi connectivity index (χ4n) is 4.10. The van der Waals surface area contributed by atoms with Gasteiger partial charge in [0.1, 0.15) is 0 Å². The zero-order chi connectivity index (χ0) is 19.2. The molecule has 28 heavy (non-hydrogen) atoms. The number of benzene rings is 1. The molecule has 0 spiro atoms. The average Bonchev–Trinajstić information content (AvgIpc) is 3.11. The molecule has 6 nitrogen and oxygen atoms in total. The van der Waals surface area contributed by atoms with Crippen LogP contribution in [0.1, 0.15) is 64.2 Å². The number of fused-ring (bicyclic) bond motifs is 1. The van der Waals surface area contributed by atoms with Gasteiger partial charge in [-0.25, -0.2) is 9.98 Å². The third-order valence-corrected chi connectivity index (χ3v) is 6.51. The number of nitrogens with one attached hydrogen (secondary N) is 2. The van der Waals surface area contributed by atoms with Crippen LogP contribution in [0, 0.1) is 0 Å². The molecule has 4 N–H and O–H groups in total. The summed E-state index contributed by atoms with van der Waals surface area (Å²) in [5.74, 6) is 1.12. The number of para-hydroxylation sites is 1. The van der Waals surface area contributed by atoms with Crippen LogP contribution in [-0.4, -0.2) is 29.0 Å². The quantitative estimate of drug-likeness (QED) is 0.527. The minimum atomic E-state index is 0.344. The van der Waals surface area contributed by atoms with Gasteiger partial charge in [0.05, 0.1) is 16.3 Å². The first-order chi connectivity index (χ1) is 13.8. The van der Waals surface area contributed by atoms with Crippen molar-refractivity contribution >= 4 is 38.6 Å². The molecule has 2 fully saturated rings. The van der Waals surface area contributed by atoms with Gasteiger partial charge in [-0.1, -0.05) is 62.0 Å². The minimum Gasteiger partial charge on any atom is -0.369 e. The number of hydrogen-bond donors (Lipinski definition) is 3. The van der Waals surface area contributed by atoms with Gasteiger partial charge >= 0.3 is 0 Å². The molecule has 4 rings (SSSR count). The maximum absolute atomic E-state index is 6.22. The summed E-state index contributed by atoms with van der Waals surface area (Å²) in [6, 6.07) is 8.89. The molecule has 1 aromatic heterocycles. The van der Waals surface area contributed by atoms with Crippen LogP contribution in [0.2, 0.25) is 0 Å². The Labute approximate surface area is 170 Å². The molecule has 0 amide bonds. The van der Waals surface area contributed by atoms with Gasteiger partial charge in [0.25, 0.3) is 0 Å². The van der Waals surface area contributed by atoms with E-state index >= 15 is 0 Å². The maximum atomic E-state index is 6.22. The minimum absolute atomic E-state index is 0.344. The largest absolute Gasteiger partial charge is 0.369 e. The lowest BCUT2D eigenvalue weighted by atomic mass is 9.95. The standard InChI is InChI=1S/C21H30N6S/c22-19(27-21-25-17-13-7-8-14-18(17)28-21)26-20(23-15-9-3-1-4-10-15)24-16-11-5-2-6-12-16/h7-8,13-16H,1-6,9-12H2,(H4,22,23,24,25,26,27). The summed E-state index contributed by atoms with van der Waals surface area (Å²) < 4.78 is 1.12. The molecule has 7 heteroatoms. The summed E-state index contributed by atoms with van der Waals surface area (Å²) in [7, 11) is 0. The normalized spacial score (nSPS) is 20.4. The highest BCUT2D eigenvalue weighted by Crippen LogP contribution is 2.27. The Morgan fingerprint density at radius 3 is 2.46 bits per heavy atom. The molecule has 2 saturated carbocycles. The van der Waals surface area contributed by atoms with Crippen LogP contribution in [0.4, 0.5) is 5.13 Å². The molecule has 0 aliphatic heterocycles. The van der Waals surface area contributed by atoms with Gasteiger partial charge in [0, 0.05) is 6.04 Å². The van der Waals surface area contributed by atoms with E-state index in [0.29, 0.717) is 23.2 Å². The van der Waals surface area contributed by atoms with Crippen molar-refractivity contribution in [3.63, 3.8) is 0 Å². The fraction of sp³-hybridized carbons (Fsp3) is 0.571. The Kier molecular flexibility index (Phi) is 6.41. The highest BCUT2D eigenvalue weighted by molar-refractivity contribution is 7.22. The number of nitrogens with zero attached hydrogens (tertiary/aromatic N) is 3. The fourth-order valence-corrected chi connectivity index (χ4v) is 4.95. The van der Waals surface area contributed by atoms with E-state index in [1.165, 1.54) is 51.4 Å². The highest BCUT2D eigenvalue weighted by atomic mass is 32.1. The summed E-state index contributed by atoms with van der Waals surface area (Å²) >= 11 is 1.55. The van der Waals surface area contributed by atoms with Crippen LogP contribution in [-0.2, 0) is 0 Å². The molecular formula is C21H30N6S. The molecule has 0 bridgehead atoms. The van der Waals surface area contributed by atoms with E-state index in [1.807, 2.05) is 18.2 Å². The Morgan fingerprint density at radius 2 is 1.71 bits per heavy atom. The molecule has 2 aromatic rings. The van der Waals surface area contributed by atoms with Crippen LogP contribution in [0.25, 0.3) is 10.2 Å². The number of thiazole rings is 1. The van der Waals surface area contributed by atoms with Gasteiger partial charge in [-0.3, -0.25) is 5.32 Å². The lowest BCUT2D eigenvalue weighted by Crippen LogP contribution is -2.49. The first kappa shape index (κ1) is 19.2. The zero-order valence-corrected chi connectivity index (χ0v) is 17.2. The molecule has 1 heterocycles. The van der Waals surface area contributed by atoms with Crippen molar-refractivity contribution in [1.82, 2.24) is 15.6 Å². The van der Waals surface area contributed by atoms with E-state index < -0.39 is 0 Å². The number of hydrogen-bond acceptors (Lipinski definition) is 4. The van der Waals surface area contributed by atoms with Crippen molar-refractivity contribution in [2.45, 2.75) is 76.3 Å². The Morgan fingerprint density at radius 1 is 1.00 bits per heavy atom. The monoisotopic (exact) mass is 398 g/mol. The predicted octanol–water partition coefficient (Wildman–Crippen LogP) is 4.44. The van der Waals surface area contributed by atoms with Gasteiger partial charge in [-0.2, -0.15) is 4.99 Å². The molecule has 150 valence electrons.